The normalized spacial score (nSPS) is 17.2. The Morgan fingerprint density at radius 1 is 0.974 bits per heavy atom. The van der Waals surface area contributed by atoms with Gasteiger partial charge in [-0.2, -0.15) is 0 Å². The number of ether oxygens (including phenoxy) is 3. The Labute approximate surface area is 217 Å². The summed E-state index contributed by atoms with van der Waals surface area (Å²) in [6.07, 6.45) is -1.15. The number of nitro benzene ring substituents is 1. The molecule has 3 aromatic rings. The van der Waals surface area contributed by atoms with Crippen molar-refractivity contribution in [1.82, 2.24) is 4.90 Å². The van der Waals surface area contributed by atoms with Crippen molar-refractivity contribution in [3.63, 3.8) is 0 Å². The number of amides is 1. The lowest BCUT2D eigenvalue weighted by atomic mass is 9.96. The molecule has 0 radical (unpaired) electrons. The first kappa shape index (κ1) is 26.3. The molecule has 1 saturated heterocycles. The minimum atomic E-state index is -1.26. The monoisotopic (exact) mass is 519 g/mol. The van der Waals surface area contributed by atoms with Crippen molar-refractivity contribution in [2.24, 2.45) is 5.73 Å². The fourth-order valence-electron chi connectivity index (χ4n) is 3.93. The Bertz CT molecular complexity index is 1310. The number of non-ortho nitro benzene ring substituents is 1. The van der Waals surface area contributed by atoms with Crippen LogP contribution in [0.5, 0.6) is 5.75 Å². The van der Waals surface area contributed by atoms with Crippen LogP contribution in [0.1, 0.15) is 29.7 Å². The lowest BCUT2D eigenvalue weighted by Crippen LogP contribution is -2.71. The summed E-state index contributed by atoms with van der Waals surface area (Å²) in [6, 6.07) is 19.3. The molecular formula is C27H25N3O8. The number of hydrogen-bond donors (Lipinski definition) is 1. The largest absolute Gasteiger partial charge is 0.489 e. The Balaban J connectivity index is 1.53. The Kier molecular flexibility index (Phi) is 7.97. The van der Waals surface area contributed by atoms with Gasteiger partial charge in [0.05, 0.1) is 4.92 Å². The lowest BCUT2D eigenvalue weighted by Gasteiger charge is -2.47. The number of nitrogens with two attached hydrogens (primary N) is 1. The average Bonchev–Trinajstić information content (AvgIpc) is 2.93. The van der Waals surface area contributed by atoms with Gasteiger partial charge >= 0.3 is 11.9 Å². The number of rotatable bonds is 10. The number of benzene rings is 3. The van der Waals surface area contributed by atoms with Gasteiger partial charge in [0.25, 0.3) is 5.69 Å². The highest BCUT2D eigenvalue weighted by Gasteiger charge is 2.53. The van der Waals surface area contributed by atoms with Gasteiger partial charge in [-0.25, -0.2) is 4.79 Å². The van der Waals surface area contributed by atoms with E-state index < -0.39 is 41.1 Å². The number of esters is 2. The van der Waals surface area contributed by atoms with Gasteiger partial charge in [-0.1, -0.05) is 42.5 Å². The molecule has 2 N–H and O–H groups in total. The highest BCUT2D eigenvalue weighted by atomic mass is 16.6. The molecule has 0 saturated carbocycles. The van der Waals surface area contributed by atoms with Crippen LogP contribution in [0.25, 0.3) is 0 Å². The van der Waals surface area contributed by atoms with Crippen LogP contribution >= 0.6 is 0 Å². The van der Waals surface area contributed by atoms with Crippen LogP contribution in [0.3, 0.4) is 0 Å². The third kappa shape index (κ3) is 5.95. The second kappa shape index (κ2) is 11.5. The van der Waals surface area contributed by atoms with E-state index in [9.17, 15) is 24.5 Å². The van der Waals surface area contributed by atoms with Gasteiger partial charge in [0, 0.05) is 19.1 Å². The van der Waals surface area contributed by atoms with Gasteiger partial charge in [-0.05, 0) is 41.0 Å². The van der Waals surface area contributed by atoms with E-state index in [1.165, 1.54) is 31.2 Å². The van der Waals surface area contributed by atoms with Crippen molar-refractivity contribution in [3.8, 4) is 5.75 Å². The zero-order valence-corrected chi connectivity index (χ0v) is 20.4. The van der Waals surface area contributed by atoms with Crippen molar-refractivity contribution in [2.75, 3.05) is 0 Å². The molecule has 1 aliphatic heterocycles. The van der Waals surface area contributed by atoms with E-state index in [1.807, 2.05) is 30.3 Å². The molecule has 0 bridgehead atoms. The number of β-lactam (4-membered cyclic amide) rings is 1. The highest BCUT2D eigenvalue weighted by Crippen LogP contribution is 2.34. The number of nitro groups is 1. The molecule has 3 atom stereocenters. The topological polar surface area (TPSA) is 151 Å². The van der Waals surface area contributed by atoms with Crippen molar-refractivity contribution in [1.29, 1.82) is 0 Å². The molecule has 4 rings (SSSR count). The number of hydrogen-bond acceptors (Lipinski definition) is 9. The second-order valence-corrected chi connectivity index (χ2v) is 8.55. The molecule has 11 heteroatoms. The molecule has 1 unspecified atom stereocenters. The summed E-state index contributed by atoms with van der Waals surface area (Å²) < 4.78 is 16.4. The molecule has 1 heterocycles. The minimum absolute atomic E-state index is 0.100. The Morgan fingerprint density at radius 2 is 1.61 bits per heavy atom. The third-order valence-corrected chi connectivity index (χ3v) is 5.88. The molecule has 1 aliphatic rings. The van der Waals surface area contributed by atoms with Crippen LogP contribution in [0.2, 0.25) is 0 Å². The van der Waals surface area contributed by atoms with Gasteiger partial charge in [0.1, 0.15) is 25.0 Å². The van der Waals surface area contributed by atoms with Gasteiger partial charge in [0.2, 0.25) is 12.1 Å². The maximum absolute atomic E-state index is 13.3. The number of nitrogens with zero attached hydrogens (tertiary/aromatic N) is 2. The SMILES string of the molecule is CC(=O)O[C@H]1[C@H](N)C(=O)N1C(C(=O)OCc1ccc([N+](=O)[O-])cc1)c1ccc(OCc2ccccc2)cc1. The maximum atomic E-state index is 13.3. The fraction of sp³-hybridized carbons (Fsp3) is 0.222. The first-order valence-electron chi connectivity index (χ1n) is 11.7. The molecule has 1 amide bonds. The minimum Gasteiger partial charge on any atom is -0.489 e. The number of carbonyl (C=O) groups is 3. The Morgan fingerprint density at radius 3 is 2.21 bits per heavy atom. The van der Waals surface area contributed by atoms with Crippen LogP contribution in [-0.2, 0) is 37.1 Å². The average molecular weight is 520 g/mol. The molecule has 0 spiro atoms. The van der Waals surface area contributed by atoms with Crippen LogP contribution in [0.4, 0.5) is 5.69 Å². The molecule has 196 valence electrons. The number of likely N-dealkylation sites (tertiary alicyclic amines) is 1. The van der Waals surface area contributed by atoms with Crippen molar-refractivity contribution >= 4 is 23.5 Å². The van der Waals surface area contributed by atoms with Gasteiger partial charge in [0.15, 0.2) is 6.04 Å². The van der Waals surface area contributed by atoms with Crippen LogP contribution in [-0.4, -0.2) is 39.9 Å². The van der Waals surface area contributed by atoms with Crippen LogP contribution in [0.15, 0.2) is 78.9 Å². The molecule has 1 fully saturated rings. The van der Waals surface area contributed by atoms with E-state index >= 15 is 0 Å². The zero-order valence-electron chi connectivity index (χ0n) is 20.4. The summed E-state index contributed by atoms with van der Waals surface area (Å²) in [4.78, 5) is 49.0. The van der Waals surface area contributed by atoms with Gasteiger partial charge < -0.3 is 19.9 Å². The van der Waals surface area contributed by atoms with E-state index in [4.69, 9.17) is 19.9 Å². The Hall–Kier alpha value is -4.77. The van der Waals surface area contributed by atoms with E-state index in [2.05, 4.69) is 0 Å². The van der Waals surface area contributed by atoms with Crippen molar-refractivity contribution in [2.45, 2.75) is 38.4 Å². The molecule has 0 aromatic heterocycles. The summed E-state index contributed by atoms with van der Waals surface area (Å²) in [6.45, 7) is 1.32. The van der Waals surface area contributed by atoms with E-state index in [0.29, 0.717) is 23.5 Å². The van der Waals surface area contributed by atoms with E-state index in [-0.39, 0.29) is 12.3 Å². The molecule has 38 heavy (non-hydrogen) atoms. The van der Waals surface area contributed by atoms with Gasteiger partial charge in [-0.3, -0.25) is 24.6 Å². The second-order valence-electron chi connectivity index (χ2n) is 8.55. The summed E-state index contributed by atoms with van der Waals surface area (Å²) in [5.41, 5.74) is 7.63. The highest BCUT2D eigenvalue weighted by molar-refractivity contribution is 5.94. The van der Waals surface area contributed by atoms with Crippen molar-refractivity contribution in [3.05, 3.63) is 106 Å². The smallest absolute Gasteiger partial charge is 0.334 e. The molecule has 3 aromatic carbocycles. The predicted molar refractivity (Wildman–Crippen MR) is 133 cm³/mol. The zero-order chi connectivity index (χ0) is 27.2. The molecular weight excluding hydrogens is 494 g/mol. The first-order valence-corrected chi connectivity index (χ1v) is 11.7. The molecule has 0 aliphatic carbocycles. The number of carbonyl (C=O) groups excluding carboxylic acids is 3. The molecule has 11 nitrogen and oxygen atoms in total. The maximum Gasteiger partial charge on any atom is 0.334 e. The summed E-state index contributed by atoms with van der Waals surface area (Å²) >= 11 is 0. The standard InChI is InChI=1S/C27H25N3O8/c1-17(31)38-26-23(28)25(32)29(26)24(27(33)37-16-19-7-11-21(12-8-19)30(34)35)20-9-13-22(14-10-20)36-15-18-5-3-2-4-6-18/h2-14,23-24,26H,15-16,28H2,1H3/t23-,24?,26+/m1/s1. The quantitative estimate of drug-likeness (QED) is 0.184. The summed E-state index contributed by atoms with van der Waals surface area (Å²) in [5.74, 6) is -1.50. The first-order chi connectivity index (χ1) is 18.2. The van der Waals surface area contributed by atoms with Crippen LogP contribution < -0.4 is 10.5 Å². The van der Waals surface area contributed by atoms with E-state index in [1.54, 1.807) is 24.3 Å². The fourth-order valence-corrected chi connectivity index (χ4v) is 3.93. The van der Waals surface area contributed by atoms with Gasteiger partial charge in [-0.15, -0.1) is 0 Å². The summed E-state index contributed by atoms with van der Waals surface area (Å²) in [5, 5.41) is 10.9. The predicted octanol–water partition coefficient (Wildman–Crippen LogP) is 3.02. The summed E-state index contributed by atoms with van der Waals surface area (Å²) in [7, 11) is 0. The van der Waals surface area contributed by atoms with Crippen molar-refractivity contribution < 1.29 is 33.5 Å². The van der Waals surface area contributed by atoms with E-state index in [0.717, 1.165) is 10.5 Å². The third-order valence-electron chi connectivity index (χ3n) is 5.88. The lowest BCUT2D eigenvalue weighted by molar-refractivity contribution is -0.384. The van der Waals surface area contributed by atoms with Crippen LogP contribution in [0, 0.1) is 10.1 Å².